The fourth-order valence-electron chi connectivity index (χ4n) is 4.46. The first kappa shape index (κ1) is 22.5. The van der Waals surface area contributed by atoms with Gasteiger partial charge in [-0.05, 0) is 60.4 Å². The van der Waals surface area contributed by atoms with E-state index in [0.717, 1.165) is 49.9 Å². The SMILES string of the molecule is CCOc1cc2occ(-c3cccc4ccccc34)c2cc1/C(C)=C/C(=O)Nc1ccccc1C. The molecule has 0 aliphatic carbocycles. The summed E-state index contributed by atoms with van der Waals surface area (Å²) in [6.07, 6.45) is 3.42. The first-order chi connectivity index (χ1) is 17.0. The van der Waals surface area contributed by atoms with Crippen molar-refractivity contribution in [1.82, 2.24) is 0 Å². The van der Waals surface area contributed by atoms with Gasteiger partial charge in [-0.3, -0.25) is 4.79 Å². The van der Waals surface area contributed by atoms with E-state index in [2.05, 4.69) is 41.7 Å². The van der Waals surface area contributed by atoms with Gasteiger partial charge in [0.2, 0.25) is 5.91 Å². The summed E-state index contributed by atoms with van der Waals surface area (Å²) in [5.41, 5.74) is 6.36. The van der Waals surface area contributed by atoms with Crippen LogP contribution in [0.3, 0.4) is 0 Å². The molecule has 5 rings (SSSR count). The maximum absolute atomic E-state index is 12.8. The molecule has 0 radical (unpaired) electrons. The van der Waals surface area contributed by atoms with Gasteiger partial charge in [-0.15, -0.1) is 0 Å². The number of aryl methyl sites for hydroxylation is 1. The number of furan rings is 1. The molecule has 1 N–H and O–H groups in total. The van der Waals surface area contributed by atoms with Crippen LogP contribution in [0.2, 0.25) is 0 Å². The molecule has 0 spiro atoms. The zero-order valence-corrected chi connectivity index (χ0v) is 20.1. The highest BCUT2D eigenvalue weighted by Gasteiger charge is 2.16. The first-order valence-corrected chi connectivity index (χ1v) is 11.8. The van der Waals surface area contributed by atoms with Crippen molar-refractivity contribution in [2.75, 3.05) is 11.9 Å². The van der Waals surface area contributed by atoms with E-state index < -0.39 is 0 Å². The smallest absolute Gasteiger partial charge is 0.248 e. The second-order valence-corrected chi connectivity index (χ2v) is 8.59. The highest BCUT2D eigenvalue weighted by Crippen LogP contribution is 2.39. The van der Waals surface area contributed by atoms with Crippen LogP contribution in [0, 0.1) is 6.92 Å². The van der Waals surface area contributed by atoms with Crippen LogP contribution in [0.4, 0.5) is 5.69 Å². The molecular formula is C31H27NO3. The Bertz CT molecular complexity index is 1570. The standard InChI is InChI=1S/C31H27NO3/c1-4-34-29-18-30-26(27(19-35-30)24-14-9-12-22-11-6-7-13-23(22)24)17-25(29)21(3)16-31(33)32-28-15-8-5-10-20(28)2/h5-19H,4H2,1-3H3,(H,32,33)/b21-16+. The number of allylic oxidation sites excluding steroid dienone is 1. The molecule has 0 bridgehead atoms. The van der Waals surface area contributed by atoms with Gasteiger partial charge < -0.3 is 14.5 Å². The monoisotopic (exact) mass is 461 g/mol. The van der Waals surface area contributed by atoms with Crippen LogP contribution in [0.25, 0.3) is 38.4 Å². The number of amides is 1. The summed E-state index contributed by atoms with van der Waals surface area (Å²) < 4.78 is 11.9. The lowest BCUT2D eigenvalue weighted by Gasteiger charge is -2.12. The van der Waals surface area contributed by atoms with Gasteiger partial charge in [0, 0.05) is 34.3 Å². The van der Waals surface area contributed by atoms with E-state index in [1.807, 2.05) is 63.2 Å². The Morgan fingerprint density at radius 1 is 0.943 bits per heavy atom. The predicted octanol–water partition coefficient (Wildman–Crippen LogP) is 8.00. The number of fused-ring (bicyclic) bond motifs is 2. The summed E-state index contributed by atoms with van der Waals surface area (Å²) in [6, 6.07) is 26.3. The van der Waals surface area contributed by atoms with E-state index in [1.54, 1.807) is 12.3 Å². The van der Waals surface area contributed by atoms with E-state index in [9.17, 15) is 4.79 Å². The zero-order valence-electron chi connectivity index (χ0n) is 20.1. The van der Waals surface area contributed by atoms with Crippen LogP contribution >= 0.6 is 0 Å². The number of carbonyl (C=O) groups is 1. The number of anilines is 1. The quantitative estimate of drug-likeness (QED) is 0.261. The molecule has 5 aromatic rings. The molecule has 0 unspecified atom stereocenters. The maximum atomic E-state index is 12.8. The van der Waals surface area contributed by atoms with Crippen molar-refractivity contribution in [3.63, 3.8) is 0 Å². The van der Waals surface area contributed by atoms with Gasteiger partial charge in [-0.25, -0.2) is 0 Å². The van der Waals surface area contributed by atoms with Crippen molar-refractivity contribution in [2.45, 2.75) is 20.8 Å². The summed E-state index contributed by atoms with van der Waals surface area (Å²) in [4.78, 5) is 12.8. The third-order valence-corrected chi connectivity index (χ3v) is 6.23. The van der Waals surface area contributed by atoms with Crippen LogP contribution < -0.4 is 10.1 Å². The summed E-state index contributed by atoms with van der Waals surface area (Å²) in [7, 11) is 0. The Morgan fingerprint density at radius 3 is 2.54 bits per heavy atom. The molecule has 4 aromatic carbocycles. The summed E-state index contributed by atoms with van der Waals surface area (Å²) in [6.45, 7) is 6.36. The molecule has 0 aliphatic heterocycles. The molecule has 0 saturated heterocycles. The minimum atomic E-state index is -0.180. The minimum absolute atomic E-state index is 0.180. The highest BCUT2D eigenvalue weighted by atomic mass is 16.5. The fourth-order valence-corrected chi connectivity index (χ4v) is 4.46. The Kier molecular flexibility index (Phi) is 6.11. The normalized spacial score (nSPS) is 11.7. The number of hydrogen-bond acceptors (Lipinski definition) is 3. The average Bonchev–Trinajstić information content (AvgIpc) is 3.27. The van der Waals surface area contributed by atoms with Crippen molar-refractivity contribution in [1.29, 1.82) is 0 Å². The van der Waals surface area contributed by atoms with E-state index in [1.165, 1.54) is 5.39 Å². The van der Waals surface area contributed by atoms with Crippen LogP contribution in [0.1, 0.15) is 25.0 Å². The van der Waals surface area contributed by atoms with Crippen molar-refractivity contribution in [3.8, 4) is 16.9 Å². The highest BCUT2D eigenvalue weighted by molar-refractivity contribution is 6.07. The molecule has 1 aromatic heterocycles. The van der Waals surface area contributed by atoms with Crippen LogP contribution in [0.5, 0.6) is 5.75 Å². The molecule has 1 amide bonds. The maximum Gasteiger partial charge on any atom is 0.248 e. The fraction of sp³-hybridized carbons (Fsp3) is 0.129. The zero-order chi connectivity index (χ0) is 24.4. The van der Waals surface area contributed by atoms with Gasteiger partial charge in [0.1, 0.15) is 11.3 Å². The molecule has 0 fully saturated rings. The van der Waals surface area contributed by atoms with Gasteiger partial charge in [0.05, 0.1) is 12.9 Å². The molecule has 0 saturated carbocycles. The second-order valence-electron chi connectivity index (χ2n) is 8.59. The number of ether oxygens (including phenoxy) is 1. The molecule has 174 valence electrons. The van der Waals surface area contributed by atoms with Crippen molar-refractivity contribution >= 4 is 38.9 Å². The van der Waals surface area contributed by atoms with Crippen LogP contribution in [0.15, 0.2) is 95.6 Å². The van der Waals surface area contributed by atoms with Gasteiger partial charge >= 0.3 is 0 Å². The molecular weight excluding hydrogens is 434 g/mol. The largest absolute Gasteiger partial charge is 0.493 e. The van der Waals surface area contributed by atoms with Gasteiger partial charge in [0.25, 0.3) is 0 Å². The Balaban J connectivity index is 1.59. The van der Waals surface area contributed by atoms with Crippen LogP contribution in [-0.2, 0) is 4.79 Å². The topological polar surface area (TPSA) is 51.5 Å². The lowest BCUT2D eigenvalue weighted by atomic mass is 9.96. The molecule has 4 nitrogen and oxygen atoms in total. The minimum Gasteiger partial charge on any atom is -0.493 e. The van der Waals surface area contributed by atoms with Crippen molar-refractivity contribution < 1.29 is 13.9 Å². The number of rotatable bonds is 6. The lowest BCUT2D eigenvalue weighted by molar-refractivity contribution is -0.111. The number of nitrogens with one attached hydrogen (secondary N) is 1. The van der Waals surface area contributed by atoms with E-state index in [-0.39, 0.29) is 5.91 Å². The Morgan fingerprint density at radius 2 is 1.71 bits per heavy atom. The second kappa shape index (κ2) is 9.51. The third-order valence-electron chi connectivity index (χ3n) is 6.23. The number of benzene rings is 4. The lowest BCUT2D eigenvalue weighted by Crippen LogP contribution is -2.09. The van der Waals surface area contributed by atoms with E-state index in [4.69, 9.17) is 9.15 Å². The van der Waals surface area contributed by atoms with Gasteiger partial charge in [0.15, 0.2) is 0 Å². The molecule has 4 heteroatoms. The van der Waals surface area contributed by atoms with Gasteiger partial charge in [-0.1, -0.05) is 60.7 Å². The Labute approximate surface area is 204 Å². The van der Waals surface area contributed by atoms with Gasteiger partial charge in [-0.2, -0.15) is 0 Å². The average molecular weight is 462 g/mol. The molecule has 1 heterocycles. The number of carbonyl (C=O) groups excluding carboxylic acids is 1. The predicted molar refractivity (Wildman–Crippen MR) is 144 cm³/mol. The third kappa shape index (κ3) is 4.43. The van der Waals surface area contributed by atoms with Crippen molar-refractivity contribution in [2.24, 2.45) is 0 Å². The van der Waals surface area contributed by atoms with Crippen molar-refractivity contribution in [3.05, 3.63) is 102 Å². The first-order valence-electron chi connectivity index (χ1n) is 11.8. The number of para-hydroxylation sites is 1. The number of hydrogen-bond donors (Lipinski definition) is 1. The van der Waals surface area contributed by atoms with E-state index >= 15 is 0 Å². The van der Waals surface area contributed by atoms with E-state index in [0.29, 0.717) is 12.4 Å². The summed E-state index contributed by atoms with van der Waals surface area (Å²) in [5.74, 6) is 0.511. The van der Waals surface area contributed by atoms with Crippen LogP contribution in [-0.4, -0.2) is 12.5 Å². The summed E-state index contributed by atoms with van der Waals surface area (Å²) >= 11 is 0. The summed E-state index contributed by atoms with van der Waals surface area (Å²) in [5, 5.41) is 6.30. The molecule has 35 heavy (non-hydrogen) atoms. The molecule has 0 atom stereocenters. The molecule has 0 aliphatic rings. The Hall–Kier alpha value is -4.31.